The molecule has 4 rings (SSSR count). The highest BCUT2D eigenvalue weighted by molar-refractivity contribution is 5.85. The summed E-state index contributed by atoms with van der Waals surface area (Å²) < 4.78 is 5.61. The normalized spacial score (nSPS) is 16.4. The molecular formula is C28H34N2O5. The van der Waals surface area contributed by atoms with Crippen molar-refractivity contribution in [2.75, 3.05) is 13.2 Å². The number of amides is 2. The molecular weight excluding hydrogens is 444 g/mol. The lowest BCUT2D eigenvalue weighted by Crippen LogP contribution is -2.54. The van der Waals surface area contributed by atoms with Crippen LogP contribution in [0.25, 0.3) is 11.1 Å². The van der Waals surface area contributed by atoms with Gasteiger partial charge in [0.15, 0.2) is 0 Å². The number of carbonyl (C=O) groups excluding carboxylic acids is 2. The van der Waals surface area contributed by atoms with Gasteiger partial charge in [-0.3, -0.25) is 9.59 Å². The number of aliphatic carboxylic acids is 1. The van der Waals surface area contributed by atoms with Crippen molar-refractivity contribution in [2.24, 2.45) is 5.41 Å². The maximum absolute atomic E-state index is 13.1. The first-order valence-corrected chi connectivity index (χ1v) is 12.5. The highest BCUT2D eigenvalue weighted by atomic mass is 16.5. The lowest BCUT2D eigenvalue weighted by atomic mass is 9.68. The third-order valence-electron chi connectivity index (χ3n) is 7.37. The van der Waals surface area contributed by atoms with E-state index in [4.69, 9.17) is 4.74 Å². The van der Waals surface area contributed by atoms with Crippen LogP contribution in [0.3, 0.4) is 0 Å². The average Bonchev–Trinajstić information content (AvgIpc) is 3.14. The summed E-state index contributed by atoms with van der Waals surface area (Å²) >= 11 is 0. The molecule has 0 aromatic heterocycles. The minimum atomic E-state index is -0.925. The van der Waals surface area contributed by atoms with Crippen LogP contribution in [0.15, 0.2) is 48.5 Å². The number of carboxylic acids is 1. The Morgan fingerprint density at radius 1 is 1.06 bits per heavy atom. The van der Waals surface area contributed by atoms with Crippen LogP contribution in [0.4, 0.5) is 4.79 Å². The maximum atomic E-state index is 13.1. The third kappa shape index (κ3) is 5.50. The molecule has 1 fully saturated rings. The molecule has 3 N–H and O–H groups in total. The van der Waals surface area contributed by atoms with E-state index in [-0.39, 0.29) is 31.4 Å². The smallest absolute Gasteiger partial charge is 0.407 e. The summed E-state index contributed by atoms with van der Waals surface area (Å²) in [7, 11) is 0. The Kier molecular flexibility index (Phi) is 7.73. The van der Waals surface area contributed by atoms with Gasteiger partial charge in [0, 0.05) is 18.5 Å². The molecule has 1 unspecified atom stereocenters. The van der Waals surface area contributed by atoms with Gasteiger partial charge >= 0.3 is 12.1 Å². The molecule has 7 heteroatoms. The van der Waals surface area contributed by atoms with E-state index in [1.54, 1.807) is 0 Å². The molecule has 0 aliphatic heterocycles. The lowest BCUT2D eigenvalue weighted by molar-refractivity contribution is -0.139. The van der Waals surface area contributed by atoms with Crippen LogP contribution in [0, 0.1) is 5.41 Å². The molecule has 2 aliphatic rings. The molecule has 1 saturated carbocycles. The summed E-state index contributed by atoms with van der Waals surface area (Å²) in [6.45, 7) is 2.44. The van der Waals surface area contributed by atoms with Crippen LogP contribution in [-0.2, 0) is 14.3 Å². The highest BCUT2D eigenvalue weighted by Gasteiger charge is 2.45. The molecule has 0 spiro atoms. The summed E-state index contributed by atoms with van der Waals surface area (Å²) in [4.78, 5) is 36.9. The van der Waals surface area contributed by atoms with Gasteiger partial charge in [-0.05, 0) is 41.5 Å². The molecule has 2 aromatic rings. The van der Waals surface area contributed by atoms with Crippen LogP contribution in [-0.4, -0.2) is 42.3 Å². The Balaban J connectivity index is 1.33. The van der Waals surface area contributed by atoms with Crippen LogP contribution in [0.5, 0.6) is 0 Å². The molecule has 0 saturated heterocycles. The minimum absolute atomic E-state index is 0.0237. The van der Waals surface area contributed by atoms with Gasteiger partial charge in [0.05, 0.1) is 11.8 Å². The van der Waals surface area contributed by atoms with Gasteiger partial charge in [-0.2, -0.15) is 0 Å². The Labute approximate surface area is 206 Å². The van der Waals surface area contributed by atoms with E-state index >= 15 is 0 Å². The van der Waals surface area contributed by atoms with Crippen molar-refractivity contribution < 1.29 is 24.2 Å². The first-order chi connectivity index (χ1) is 16.9. The number of benzene rings is 2. The molecule has 0 heterocycles. The number of unbranched alkanes of at least 4 members (excludes halogenated alkanes) is 1. The van der Waals surface area contributed by atoms with Gasteiger partial charge in [-0.15, -0.1) is 0 Å². The third-order valence-corrected chi connectivity index (χ3v) is 7.37. The van der Waals surface area contributed by atoms with E-state index in [0.29, 0.717) is 19.3 Å². The molecule has 0 bridgehead atoms. The quantitative estimate of drug-likeness (QED) is 0.428. The molecule has 7 nitrogen and oxygen atoms in total. The zero-order valence-electron chi connectivity index (χ0n) is 20.2. The van der Waals surface area contributed by atoms with E-state index in [1.165, 1.54) is 11.1 Å². The first-order valence-electron chi connectivity index (χ1n) is 12.5. The van der Waals surface area contributed by atoms with Gasteiger partial charge in [0.1, 0.15) is 6.61 Å². The van der Waals surface area contributed by atoms with Crippen LogP contribution >= 0.6 is 0 Å². The molecule has 2 aliphatic carbocycles. The van der Waals surface area contributed by atoms with Crippen LogP contribution in [0.1, 0.15) is 68.9 Å². The van der Waals surface area contributed by atoms with Crippen molar-refractivity contribution >= 4 is 18.0 Å². The SMILES string of the molecule is CCCCC(CC(=O)O)NC(=O)C1(CNC(=O)OCC2c3ccccc3-c3ccccc32)CCC1. The number of carboxylic acid groups (broad SMARTS) is 1. The van der Waals surface area contributed by atoms with Gasteiger partial charge < -0.3 is 20.5 Å². The molecule has 2 amide bonds. The van der Waals surface area contributed by atoms with Crippen molar-refractivity contribution in [1.82, 2.24) is 10.6 Å². The molecule has 1 atom stereocenters. The fourth-order valence-corrected chi connectivity index (χ4v) is 5.20. The largest absolute Gasteiger partial charge is 0.481 e. The summed E-state index contributed by atoms with van der Waals surface area (Å²) in [6, 6.07) is 15.9. The number of hydrogen-bond acceptors (Lipinski definition) is 4. The zero-order chi connectivity index (χ0) is 24.8. The maximum Gasteiger partial charge on any atom is 0.407 e. The number of rotatable bonds is 11. The topological polar surface area (TPSA) is 105 Å². The van der Waals surface area contributed by atoms with Crippen molar-refractivity contribution in [1.29, 1.82) is 0 Å². The number of carbonyl (C=O) groups is 3. The second-order valence-corrected chi connectivity index (χ2v) is 9.72. The highest BCUT2D eigenvalue weighted by Crippen LogP contribution is 2.44. The van der Waals surface area contributed by atoms with Gasteiger partial charge in [0.25, 0.3) is 0 Å². The Morgan fingerprint density at radius 3 is 2.23 bits per heavy atom. The minimum Gasteiger partial charge on any atom is -0.481 e. The van der Waals surface area contributed by atoms with Gasteiger partial charge in [-0.25, -0.2) is 4.79 Å². The Hall–Kier alpha value is -3.35. The Morgan fingerprint density at radius 2 is 1.69 bits per heavy atom. The van der Waals surface area contributed by atoms with E-state index < -0.39 is 23.5 Å². The molecule has 186 valence electrons. The summed E-state index contributed by atoms with van der Waals surface area (Å²) in [5, 5.41) is 14.9. The summed E-state index contributed by atoms with van der Waals surface area (Å²) in [6.07, 6.45) is 4.00. The number of alkyl carbamates (subject to hydrolysis) is 1. The standard InChI is InChI=1S/C28H34N2O5/c1-2-3-9-19(16-25(31)32)30-26(33)28(14-8-15-28)18-29-27(34)35-17-24-22-12-6-4-10-20(22)21-11-5-7-13-23(21)24/h4-7,10-13,19,24H,2-3,8-9,14-18H2,1H3,(H,29,34)(H,30,33)(H,31,32). The molecule has 2 aromatic carbocycles. The summed E-state index contributed by atoms with van der Waals surface area (Å²) in [5.74, 6) is -1.12. The van der Waals surface area contributed by atoms with Crippen LogP contribution in [0.2, 0.25) is 0 Å². The van der Waals surface area contributed by atoms with Gasteiger partial charge in [0.2, 0.25) is 5.91 Å². The van der Waals surface area contributed by atoms with E-state index in [1.807, 2.05) is 31.2 Å². The number of nitrogens with one attached hydrogen (secondary N) is 2. The second-order valence-electron chi connectivity index (χ2n) is 9.72. The van der Waals surface area contributed by atoms with Gasteiger partial charge in [-0.1, -0.05) is 74.7 Å². The lowest BCUT2D eigenvalue weighted by Gasteiger charge is -2.41. The summed E-state index contributed by atoms with van der Waals surface area (Å²) in [5.41, 5.74) is 3.93. The first kappa shape index (κ1) is 24.8. The number of ether oxygens (including phenoxy) is 1. The zero-order valence-corrected chi connectivity index (χ0v) is 20.2. The monoisotopic (exact) mass is 478 g/mol. The van der Waals surface area contributed by atoms with Crippen LogP contribution < -0.4 is 10.6 Å². The van der Waals surface area contributed by atoms with Crippen molar-refractivity contribution in [2.45, 2.75) is 63.8 Å². The molecule has 35 heavy (non-hydrogen) atoms. The predicted octanol–water partition coefficient (Wildman–Crippen LogP) is 4.85. The van der Waals surface area contributed by atoms with Crippen molar-refractivity contribution in [3.05, 3.63) is 59.7 Å². The Bertz CT molecular complexity index is 1030. The molecule has 0 radical (unpaired) electrons. The second kappa shape index (κ2) is 10.9. The van der Waals surface area contributed by atoms with E-state index in [9.17, 15) is 19.5 Å². The van der Waals surface area contributed by atoms with E-state index in [0.717, 1.165) is 30.4 Å². The fourth-order valence-electron chi connectivity index (χ4n) is 5.20. The number of fused-ring (bicyclic) bond motifs is 3. The number of hydrogen-bond donors (Lipinski definition) is 3. The van der Waals surface area contributed by atoms with E-state index in [2.05, 4.69) is 34.9 Å². The van der Waals surface area contributed by atoms with Crippen molar-refractivity contribution in [3.8, 4) is 11.1 Å². The fraction of sp³-hybridized carbons (Fsp3) is 0.464. The van der Waals surface area contributed by atoms with Crippen molar-refractivity contribution in [3.63, 3.8) is 0 Å². The average molecular weight is 479 g/mol. The predicted molar refractivity (Wildman–Crippen MR) is 133 cm³/mol.